The second-order valence-corrected chi connectivity index (χ2v) is 8.04. The molecule has 0 fully saturated rings. The molecule has 164 valence electrons. The van der Waals surface area contributed by atoms with Crippen molar-refractivity contribution < 1.29 is 14.2 Å². The molecule has 1 atom stereocenters. The van der Waals surface area contributed by atoms with Gasteiger partial charge in [-0.3, -0.25) is 0 Å². The van der Waals surface area contributed by atoms with Gasteiger partial charge in [-0.15, -0.1) is 0 Å². The van der Waals surface area contributed by atoms with Crippen LogP contribution in [0.25, 0.3) is 28.2 Å². The van der Waals surface area contributed by atoms with E-state index >= 15 is 0 Å². The number of ether oxygens (including phenoxy) is 1. The Morgan fingerprint density at radius 2 is 1.94 bits per heavy atom. The number of allylic oxidation sites excluding steroid dienone is 1. The van der Waals surface area contributed by atoms with E-state index < -0.39 is 5.82 Å². The zero-order valence-corrected chi connectivity index (χ0v) is 18.5. The van der Waals surface area contributed by atoms with Gasteiger partial charge in [0.2, 0.25) is 0 Å². The molecule has 3 aromatic rings. The van der Waals surface area contributed by atoms with Crippen LogP contribution in [0.5, 0.6) is 5.75 Å². The van der Waals surface area contributed by atoms with Crippen molar-refractivity contribution in [2.24, 2.45) is 0 Å². The Morgan fingerprint density at radius 3 is 2.74 bits per heavy atom. The molecule has 31 heavy (non-hydrogen) atoms. The molecule has 1 unspecified atom stereocenters. The van der Waals surface area contributed by atoms with Crippen molar-refractivity contribution in [1.82, 2.24) is 4.98 Å². The fourth-order valence-electron chi connectivity index (χ4n) is 3.54. The Morgan fingerprint density at radius 1 is 1.06 bits per heavy atom. The van der Waals surface area contributed by atoms with Gasteiger partial charge in [-0.1, -0.05) is 44.1 Å². The first-order chi connectivity index (χ1) is 15.1. The third-order valence-electron chi connectivity index (χ3n) is 5.40. The number of unbranched alkanes of at least 4 members (excludes halogenated alkanes) is 3. The van der Waals surface area contributed by atoms with Crippen molar-refractivity contribution in [3.63, 3.8) is 0 Å². The van der Waals surface area contributed by atoms with Gasteiger partial charge in [0, 0.05) is 17.6 Å². The number of aromatic hydroxyl groups is 1. The molecule has 3 rings (SSSR count). The van der Waals surface area contributed by atoms with Crippen LogP contribution in [0.4, 0.5) is 4.39 Å². The highest BCUT2D eigenvalue weighted by atomic mass is 19.1. The lowest BCUT2D eigenvalue weighted by atomic mass is 10.1. The molecule has 0 aliphatic carbocycles. The zero-order valence-electron chi connectivity index (χ0n) is 18.5. The molecule has 1 heterocycles. The number of phenols is 1. The number of benzene rings is 2. The fourth-order valence-corrected chi connectivity index (χ4v) is 3.54. The number of aromatic nitrogens is 1. The summed E-state index contributed by atoms with van der Waals surface area (Å²) in [6, 6.07) is 14.3. The predicted octanol–water partition coefficient (Wildman–Crippen LogP) is 7.53. The molecular weight excluding hydrogens is 389 g/mol. The molecule has 0 spiro atoms. The average Bonchev–Trinajstić information content (AvgIpc) is 2.78. The van der Waals surface area contributed by atoms with Gasteiger partial charge >= 0.3 is 0 Å². The number of hydrogen-bond acceptors (Lipinski definition) is 3. The van der Waals surface area contributed by atoms with E-state index in [2.05, 4.69) is 37.0 Å². The minimum atomic E-state index is -0.641. The number of nitrogens with zero attached hydrogens (tertiary/aromatic N) is 1. The third-order valence-corrected chi connectivity index (χ3v) is 5.40. The first-order valence-corrected chi connectivity index (χ1v) is 11.2. The Hall–Kier alpha value is -2.72. The van der Waals surface area contributed by atoms with Gasteiger partial charge in [0.15, 0.2) is 11.6 Å². The van der Waals surface area contributed by atoms with Gasteiger partial charge in [-0.25, -0.2) is 9.37 Å². The Bertz CT molecular complexity index is 1020. The molecule has 1 aromatic heterocycles. The van der Waals surface area contributed by atoms with Crippen LogP contribution < -0.4 is 0 Å². The summed E-state index contributed by atoms with van der Waals surface area (Å²) in [7, 11) is 0. The van der Waals surface area contributed by atoms with E-state index in [1.54, 1.807) is 6.07 Å². The van der Waals surface area contributed by atoms with Crippen molar-refractivity contribution in [2.45, 2.75) is 58.5 Å². The molecule has 4 heteroatoms. The number of phenolic OH excluding ortho intramolecular Hbond substituents is 1. The maximum Gasteiger partial charge on any atom is 0.165 e. The van der Waals surface area contributed by atoms with Crippen molar-refractivity contribution in [3.8, 4) is 17.0 Å². The molecule has 0 bridgehead atoms. The fraction of sp³-hybridized carbons (Fsp3) is 0.370. The smallest absolute Gasteiger partial charge is 0.165 e. The zero-order chi connectivity index (χ0) is 22.1. The van der Waals surface area contributed by atoms with Crippen LogP contribution in [0.15, 0.2) is 54.6 Å². The van der Waals surface area contributed by atoms with Crippen molar-refractivity contribution in [2.75, 3.05) is 6.61 Å². The summed E-state index contributed by atoms with van der Waals surface area (Å²) in [4.78, 5) is 4.64. The standard InChI is InChI=1S/C27H32FNO2/c1-3-4-8-17-31-20(2)9-6-5-7-10-21-11-14-25-22(18-21)12-15-26(29-25)23-13-16-27(30)24(28)19-23/h7,10-16,18-20,30H,3-6,8-9,17H2,1-2H3/b10-7+. The van der Waals surface area contributed by atoms with Crippen molar-refractivity contribution in [1.29, 1.82) is 0 Å². The normalized spacial score (nSPS) is 12.6. The highest BCUT2D eigenvalue weighted by Crippen LogP contribution is 2.26. The third kappa shape index (κ3) is 6.90. The summed E-state index contributed by atoms with van der Waals surface area (Å²) in [5, 5.41) is 10.4. The lowest BCUT2D eigenvalue weighted by molar-refractivity contribution is 0.0566. The first-order valence-electron chi connectivity index (χ1n) is 11.2. The summed E-state index contributed by atoms with van der Waals surface area (Å²) in [5.41, 5.74) is 3.32. The molecular formula is C27H32FNO2. The van der Waals surface area contributed by atoms with Gasteiger partial charge in [-0.2, -0.15) is 0 Å². The Labute approximate surface area is 184 Å². The monoisotopic (exact) mass is 421 g/mol. The van der Waals surface area contributed by atoms with E-state index in [-0.39, 0.29) is 5.75 Å². The van der Waals surface area contributed by atoms with Gasteiger partial charge in [-0.05, 0) is 74.6 Å². The van der Waals surface area contributed by atoms with E-state index in [1.807, 2.05) is 24.3 Å². The first kappa shape index (κ1) is 23.0. The molecule has 0 saturated heterocycles. The summed E-state index contributed by atoms with van der Waals surface area (Å²) >= 11 is 0. The van der Waals surface area contributed by atoms with E-state index in [4.69, 9.17) is 4.74 Å². The summed E-state index contributed by atoms with van der Waals surface area (Å²) in [6.07, 6.45) is 11.6. The van der Waals surface area contributed by atoms with Crippen LogP contribution in [-0.2, 0) is 4.74 Å². The van der Waals surface area contributed by atoms with E-state index in [9.17, 15) is 9.50 Å². The van der Waals surface area contributed by atoms with Gasteiger partial charge in [0.25, 0.3) is 0 Å². The van der Waals surface area contributed by atoms with E-state index in [1.165, 1.54) is 25.0 Å². The molecule has 0 radical (unpaired) electrons. The second-order valence-electron chi connectivity index (χ2n) is 8.04. The topological polar surface area (TPSA) is 42.4 Å². The molecule has 2 aromatic carbocycles. The van der Waals surface area contributed by atoms with Crippen LogP contribution in [-0.4, -0.2) is 22.8 Å². The number of pyridine rings is 1. The predicted molar refractivity (Wildman–Crippen MR) is 127 cm³/mol. The van der Waals surface area contributed by atoms with Crippen molar-refractivity contribution >= 4 is 17.0 Å². The molecule has 1 N–H and O–H groups in total. The molecule has 0 aliphatic rings. The van der Waals surface area contributed by atoms with Crippen LogP contribution >= 0.6 is 0 Å². The molecule has 0 saturated carbocycles. The lowest BCUT2D eigenvalue weighted by Crippen LogP contribution is -2.08. The molecule has 0 aliphatic heterocycles. The minimum absolute atomic E-state index is 0.327. The molecule has 3 nitrogen and oxygen atoms in total. The second kappa shape index (κ2) is 11.6. The maximum atomic E-state index is 13.6. The van der Waals surface area contributed by atoms with Crippen LogP contribution in [0, 0.1) is 5.82 Å². The van der Waals surface area contributed by atoms with Crippen LogP contribution in [0.2, 0.25) is 0 Å². The Kier molecular flexibility index (Phi) is 8.60. The highest BCUT2D eigenvalue weighted by Gasteiger charge is 2.06. The number of hydrogen-bond donors (Lipinski definition) is 1. The SMILES string of the molecule is CCCCCOC(C)CCC/C=C/c1ccc2nc(-c3ccc(O)c(F)c3)ccc2c1. The maximum absolute atomic E-state index is 13.6. The number of fused-ring (bicyclic) bond motifs is 1. The van der Waals surface area contributed by atoms with Crippen LogP contribution in [0.1, 0.15) is 57.9 Å². The van der Waals surface area contributed by atoms with Crippen molar-refractivity contribution in [3.05, 3.63) is 66.0 Å². The summed E-state index contributed by atoms with van der Waals surface area (Å²) < 4.78 is 19.5. The number of rotatable bonds is 11. The van der Waals surface area contributed by atoms with Gasteiger partial charge in [0.05, 0.1) is 17.3 Å². The van der Waals surface area contributed by atoms with E-state index in [0.29, 0.717) is 17.4 Å². The number of halogens is 1. The lowest BCUT2D eigenvalue weighted by Gasteiger charge is -2.12. The summed E-state index contributed by atoms with van der Waals surface area (Å²) in [6.45, 7) is 5.24. The van der Waals surface area contributed by atoms with Gasteiger partial charge in [0.1, 0.15) is 0 Å². The Balaban J connectivity index is 1.53. The highest BCUT2D eigenvalue weighted by molar-refractivity contribution is 5.83. The van der Waals surface area contributed by atoms with E-state index in [0.717, 1.165) is 48.8 Å². The minimum Gasteiger partial charge on any atom is -0.505 e. The largest absolute Gasteiger partial charge is 0.505 e. The average molecular weight is 422 g/mol. The molecule has 0 amide bonds. The van der Waals surface area contributed by atoms with Crippen LogP contribution in [0.3, 0.4) is 0 Å². The van der Waals surface area contributed by atoms with Gasteiger partial charge < -0.3 is 9.84 Å². The summed E-state index contributed by atoms with van der Waals surface area (Å²) in [5.74, 6) is -0.993. The quantitative estimate of drug-likeness (QED) is 0.325.